The Labute approximate surface area is 140 Å². The van der Waals surface area contributed by atoms with E-state index in [-0.39, 0.29) is 16.5 Å². The molecule has 0 aliphatic carbocycles. The molecule has 0 aliphatic rings. The van der Waals surface area contributed by atoms with Crippen molar-refractivity contribution in [3.8, 4) is 0 Å². The number of nitro benzene ring substituents is 1. The summed E-state index contributed by atoms with van der Waals surface area (Å²) in [5.74, 6) is 0.118. The van der Waals surface area contributed by atoms with Gasteiger partial charge < -0.3 is 5.32 Å². The standard InChI is InChI=1S/C20H18N2O2/c23-22(24)19-13-11-17(12-14-19)20(16-7-3-1-4-8-16)15-21-18-9-5-2-6-10-18/h1-14,20-21H,15H2. The molecular formula is C20H18N2O2. The van der Waals surface area contributed by atoms with Crippen LogP contribution in [0.3, 0.4) is 0 Å². The highest BCUT2D eigenvalue weighted by molar-refractivity contribution is 5.45. The first kappa shape index (κ1) is 15.7. The lowest BCUT2D eigenvalue weighted by molar-refractivity contribution is -0.384. The van der Waals surface area contributed by atoms with Crippen molar-refractivity contribution in [1.82, 2.24) is 0 Å². The van der Waals surface area contributed by atoms with Crippen LogP contribution in [0.25, 0.3) is 0 Å². The first-order chi connectivity index (χ1) is 11.7. The van der Waals surface area contributed by atoms with Crippen molar-refractivity contribution < 1.29 is 4.92 Å². The fourth-order valence-electron chi connectivity index (χ4n) is 2.72. The monoisotopic (exact) mass is 318 g/mol. The van der Waals surface area contributed by atoms with Gasteiger partial charge in [0.15, 0.2) is 0 Å². The van der Waals surface area contributed by atoms with Gasteiger partial charge in [-0.05, 0) is 23.3 Å². The first-order valence-corrected chi connectivity index (χ1v) is 7.82. The number of para-hydroxylation sites is 1. The Bertz CT molecular complexity index is 787. The van der Waals surface area contributed by atoms with Gasteiger partial charge in [0, 0.05) is 30.3 Å². The number of nitro groups is 1. The van der Waals surface area contributed by atoms with Crippen LogP contribution in [0.2, 0.25) is 0 Å². The predicted molar refractivity (Wildman–Crippen MR) is 96.3 cm³/mol. The minimum atomic E-state index is -0.372. The second-order valence-electron chi connectivity index (χ2n) is 5.56. The SMILES string of the molecule is O=[N+]([O-])c1ccc(C(CNc2ccccc2)c2ccccc2)cc1. The van der Waals surface area contributed by atoms with Crippen LogP contribution < -0.4 is 5.32 Å². The molecule has 0 saturated carbocycles. The summed E-state index contributed by atoms with van der Waals surface area (Å²) < 4.78 is 0. The van der Waals surface area contributed by atoms with Gasteiger partial charge in [-0.3, -0.25) is 10.1 Å². The maximum atomic E-state index is 10.9. The molecule has 4 heteroatoms. The molecule has 3 rings (SSSR count). The molecule has 0 saturated heterocycles. The van der Waals surface area contributed by atoms with E-state index in [0.29, 0.717) is 6.54 Å². The number of anilines is 1. The normalized spacial score (nSPS) is 11.7. The van der Waals surface area contributed by atoms with E-state index in [1.807, 2.05) is 60.7 Å². The maximum absolute atomic E-state index is 10.9. The summed E-state index contributed by atoms with van der Waals surface area (Å²) in [6, 6.07) is 27.0. The number of nitrogens with one attached hydrogen (secondary N) is 1. The first-order valence-electron chi connectivity index (χ1n) is 7.82. The van der Waals surface area contributed by atoms with Gasteiger partial charge in [0.05, 0.1) is 4.92 Å². The second kappa shape index (κ2) is 7.42. The number of benzene rings is 3. The van der Waals surface area contributed by atoms with Crippen LogP contribution in [0.1, 0.15) is 17.0 Å². The number of hydrogen-bond donors (Lipinski definition) is 1. The Balaban J connectivity index is 1.86. The van der Waals surface area contributed by atoms with Crippen molar-refractivity contribution in [2.75, 3.05) is 11.9 Å². The van der Waals surface area contributed by atoms with Crippen molar-refractivity contribution in [2.24, 2.45) is 0 Å². The fourth-order valence-corrected chi connectivity index (χ4v) is 2.72. The zero-order valence-electron chi connectivity index (χ0n) is 13.1. The molecule has 120 valence electrons. The second-order valence-corrected chi connectivity index (χ2v) is 5.56. The molecule has 0 bridgehead atoms. The van der Waals surface area contributed by atoms with E-state index >= 15 is 0 Å². The lowest BCUT2D eigenvalue weighted by Gasteiger charge is -2.19. The fraction of sp³-hybridized carbons (Fsp3) is 0.100. The summed E-state index contributed by atoms with van der Waals surface area (Å²) in [5.41, 5.74) is 3.40. The highest BCUT2D eigenvalue weighted by Crippen LogP contribution is 2.27. The topological polar surface area (TPSA) is 55.2 Å². The van der Waals surface area contributed by atoms with Crippen LogP contribution in [0, 0.1) is 10.1 Å². The van der Waals surface area contributed by atoms with Crippen LogP contribution in [-0.4, -0.2) is 11.5 Å². The lowest BCUT2D eigenvalue weighted by atomic mass is 9.91. The van der Waals surface area contributed by atoms with Gasteiger partial charge in [-0.15, -0.1) is 0 Å². The van der Waals surface area contributed by atoms with Crippen molar-refractivity contribution >= 4 is 11.4 Å². The molecule has 3 aromatic carbocycles. The molecule has 4 nitrogen and oxygen atoms in total. The third kappa shape index (κ3) is 3.79. The zero-order valence-corrected chi connectivity index (χ0v) is 13.1. The van der Waals surface area contributed by atoms with Crippen LogP contribution >= 0.6 is 0 Å². The lowest BCUT2D eigenvalue weighted by Crippen LogP contribution is -2.14. The zero-order chi connectivity index (χ0) is 16.8. The van der Waals surface area contributed by atoms with E-state index in [1.165, 1.54) is 5.56 Å². The van der Waals surface area contributed by atoms with Gasteiger partial charge in [0.25, 0.3) is 5.69 Å². The number of rotatable bonds is 6. The smallest absolute Gasteiger partial charge is 0.269 e. The van der Waals surface area contributed by atoms with Crippen LogP contribution in [0.5, 0.6) is 0 Å². The molecule has 1 atom stereocenters. The van der Waals surface area contributed by atoms with E-state index in [1.54, 1.807) is 12.1 Å². The summed E-state index contributed by atoms with van der Waals surface area (Å²) >= 11 is 0. The van der Waals surface area contributed by atoms with E-state index in [2.05, 4.69) is 17.4 Å². The Morgan fingerprint density at radius 2 is 1.33 bits per heavy atom. The van der Waals surface area contributed by atoms with E-state index in [9.17, 15) is 10.1 Å². The van der Waals surface area contributed by atoms with Crippen molar-refractivity contribution in [3.05, 3.63) is 106 Å². The third-order valence-electron chi connectivity index (χ3n) is 3.99. The van der Waals surface area contributed by atoms with Crippen molar-refractivity contribution in [2.45, 2.75) is 5.92 Å². The third-order valence-corrected chi connectivity index (χ3v) is 3.99. The Kier molecular flexibility index (Phi) is 4.87. The summed E-state index contributed by atoms with van der Waals surface area (Å²) in [4.78, 5) is 10.5. The largest absolute Gasteiger partial charge is 0.384 e. The van der Waals surface area contributed by atoms with E-state index in [0.717, 1.165) is 11.3 Å². The molecule has 24 heavy (non-hydrogen) atoms. The molecule has 1 N–H and O–H groups in total. The van der Waals surface area contributed by atoms with E-state index in [4.69, 9.17) is 0 Å². The summed E-state index contributed by atoms with van der Waals surface area (Å²) in [6.45, 7) is 0.714. The summed E-state index contributed by atoms with van der Waals surface area (Å²) in [7, 11) is 0. The Morgan fingerprint density at radius 3 is 1.92 bits per heavy atom. The molecule has 0 amide bonds. The van der Waals surface area contributed by atoms with E-state index < -0.39 is 0 Å². The molecule has 0 spiro atoms. The van der Waals surface area contributed by atoms with Crippen LogP contribution in [0.4, 0.5) is 11.4 Å². The molecule has 3 aromatic rings. The molecule has 0 fully saturated rings. The minimum absolute atomic E-state index is 0.113. The Hall–Kier alpha value is -3.14. The van der Waals surface area contributed by atoms with Crippen LogP contribution in [-0.2, 0) is 0 Å². The summed E-state index contributed by atoms with van der Waals surface area (Å²) in [6.07, 6.45) is 0. The molecule has 0 radical (unpaired) electrons. The van der Waals surface area contributed by atoms with Gasteiger partial charge in [0.2, 0.25) is 0 Å². The van der Waals surface area contributed by atoms with Gasteiger partial charge in [-0.2, -0.15) is 0 Å². The summed E-state index contributed by atoms with van der Waals surface area (Å²) in [5, 5.41) is 14.3. The molecule has 0 heterocycles. The van der Waals surface area contributed by atoms with Crippen molar-refractivity contribution in [1.29, 1.82) is 0 Å². The number of nitrogens with zero attached hydrogens (tertiary/aromatic N) is 1. The minimum Gasteiger partial charge on any atom is -0.384 e. The molecule has 0 aromatic heterocycles. The maximum Gasteiger partial charge on any atom is 0.269 e. The highest BCUT2D eigenvalue weighted by atomic mass is 16.6. The number of hydrogen-bond acceptors (Lipinski definition) is 3. The van der Waals surface area contributed by atoms with Crippen molar-refractivity contribution in [3.63, 3.8) is 0 Å². The average molecular weight is 318 g/mol. The predicted octanol–water partition coefficient (Wildman–Crippen LogP) is 4.84. The average Bonchev–Trinajstić information content (AvgIpc) is 2.64. The van der Waals surface area contributed by atoms with Gasteiger partial charge in [0.1, 0.15) is 0 Å². The van der Waals surface area contributed by atoms with Gasteiger partial charge in [-0.25, -0.2) is 0 Å². The van der Waals surface area contributed by atoms with Gasteiger partial charge in [-0.1, -0.05) is 60.7 Å². The quantitative estimate of drug-likeness (QED) is 0.522. The van der Waals surface area contributed by atoms with Crippen LogP contribution in [0.15, 0.2) is 84.9 Å². The van der Waals surface area contributed by atoms with Gasteiger partial charge >= 0.3 is 0 Å². The molecular weight excluding hydrogens is 300 g/mol. The Morgan fingerprint density at radius 1 is 0.792 bits per heavy atom. The number of non-ortho nitro benzene ring substituents is 1. The molecule has 0 aliphatic heterocycles. The highest BCUT2D eigenvalue weighted by Gasteiger charge is 2.15. The molecule has 1 unspecified atom stereocenters.